The normalized spacial score (nSPS) is 21.3. The maximum atomic E-state index is 12.1. The third kappa shape index (κ3) is 12.3. The van der Waals surface area contributed by atoms with Gasteiger partial charge in [-0.05, 0) is 80.4 Å². The van der Waals surface area contributed by atoms with Crippen molar-refractivity contribution in [3.8, 4) is 0 Å². The molecule has 43 heavy (non-hydrogen) atoms. The largest absolute Gasteiger partial charge is 0.425 e. The van der Waals surface area contributed by atoms with Crippen molar-refractivity contribution in [3.63, 3.8) is 0 Å². The van der Waals surface area contributed by atoms with Crippen LogP contribution in [0.3, 0.4) is 0 Å². The molecule has 0 heterocycles. The zero-order valence-electron chi connectivity index (χ0n) is 24.8. The van der Waals surface area contributed by atoms with Crippen molar-refractivity contribution < 1.29 is 39.2 Å². The highest BCUT2D eigenvalue weighted by atomic mass is 16.7. The van der Waals surface area contributed by atoms with E-state index in [0.717, 1.165) is 18.3 Å². The lowest BCUT2D eigenvalue weighted by molar-refractivity contribution is -0.164. The van der Waals surface area contributed by atoms with Crippen molar-refractivity contribution in [1.82, 2.24) is 5.32 Å². The molecule has 1 aliphatic carbocycles. The number of hydrogen-bond donors (Lipinski definition) is 4. The minimum absolute atomic E-state index is 0.0683. The van der Waals surface area contributed by atoms with Gasteiger partial charge >= 0.3 is 12.1 Å². The van der Waals surface area contributed by atoms with Crippen LogP contribution >= 0.6 is 0 Å². The van der Waals surface area contributed by atoms with Crippen LogP contribution in [-0.4, -0.2) is 58.3 Å². The molecule has 0 aromatic heterocycles. The van der Waals surface area contributed by atoms with Gasteiger partial charge in [-0.15, -0.1) is 0 Å². The molecule has 0 spiro atoms. The first-order valence-corrected chi connectivity index (χ1v) is 15.2. The van der Waals surface area contributed by atoms with E-state index in [1.165, 1.54) is 12.5 Å². The number of benzene rings is 2. The van der Waals surface area contributed by atoms with Crippen LogP contribution in [0.2, 0.25) is 0 Å². The molecular weight excluding hydrogens is 550 g/mol. The lowest BCUT2D eigenvalue weighted by Gasteiger charge is -2.23. The van der Waals surface area contributed by atoms with Gasteiger partial charge in [-0.25, -0.2) is 4.79 Å². The van der Waals surface area contributed by atoms with Gasteiger partial charge in [-0.1, -0.05) is 60.7 Å². The average Bonchev–Trinajstić information content (AvgIpc) is 3.27. The molecule has 6 atom stereocenters. The molecule has 4 N–H and O–H groups in total. The molecule has 9 nitrogen and oxygen atoms in total. The Balaban J connectivity index is 1.29. The summed E-state index contributed by atoms with van der Waals surface area (Å²) in [6.07, 6.45) is 6.30. The number of ether oxygens (including phenoxy) is 2. The summed E-state index contributed by atoms with van der Waals surface area (Å²) in [5, 5.41) is 34.1. The minimum Gasteiger partial charge on any atom is -0.425 e. The number of alkyl carbamates (subject to hydrolysis) is 1. The van der Waals surface area contributed by atoms with E-state index in [2.05, 4.69) is 5.32 Å². The van der Waals surface area contributed by atoms with E-state index < -0.39 is 36.7 Å². The van der Waals surface area contributed by atoms with Crippen molar-refractivity contribution in [2.45, 2.75) is 95.9 Å². The number of aryl methyl sites for hydroxylation is 1. The molecule has 0 saturated heterocycles. The lowest BCUT2D eigenvalue weighted by atomic mass is 9.85. The quantitative estimate of drug-likeness (QED) is 0.0668. The Hall–Kier alpha value is -3.53. The van der Waals surface area contributed by atoms with E-state index in [1.54, 1.807) is 24.3 Å². The summed E-state index contributed by atoms with van der Waals surface area (Å²) in [4.78, 5) is 35.0. The zero-order valence-corrected chi connectivity index (χ0v) is 24.8. The zero-order chi connectivity index (χ0) is 31.0. The van der Waals surface area contributed by atoms with E-state index in [1.807, 2.05) is 42.5 Å². The van der Waals surface area contributed by atoms with E-state index >= 15 is 0 Å². The number of aldehydes is 1. The third-order valence-electron chi connectivity index (χ3n) is 7.88. The number of esters is 1. The monoisotopic (exact) mass is 595 g/mol. The van der Waals surface area contributed by atoms with Crippen LogP contribution in [0.5, 0.6) is 0 Å². The highest BCUT2D eigenvalue weighted by Crippen LogP contribution is 2.38. The predicted octanol–water partition coefficient (Wildman–Crippen LogP) is 4.86. The first-order valence-electron chi connectivity index (χ1n) is 15.2. The molecule has 1 saturated carbocycles. The van der Waals surface area contributed by atoms with Crippen LogP contribution in [-0.2, 0) is 27.2 Å². The summed E-state index contributed by atoms with van der Waals surface area (Å²) < 4.78 is 10.2. The Bertz CT molecular complexity index is 1170. The Kier molecular flexibility index (Phi) is 14.4. The second-order valence-electron chi connectivity index (χ2n) is 11.2. The van der Waals surface area contributed by atoms with Gasteiger partial charge in [0.05, 0.1) is 18.3 Å². The van der Waals surface area contributed by atoms with E-state index in [0.29, 0.717) is 50.5 Å². The molecule has 2 aromatic rings. The Morgan fingerprint density at radius 1 is 0.977 bits per heavy atom. The van der Waals surface area contributed by atoms with Crippen molar-refractivity contribution in [1.29, 1.82) is 0 Å². The summed E-state index contributed by atoms with van der Waals surface area (Å²) in [6.45, 7) is 1.63. The SMILES string of the molecule is CC(OC(=O)CCCC=CC[C@@H]1[C@@H](CC[C@@H](O)CCc2ccccc2)[C@H](O)C[C@@H]1O)OC(=O)NCc1cccc(C=O)c1. The number of carbonyl (C=O) groups excluding carboxylic acids is 3. The van der Waals surface area contributed by atoms with Crippen LogP contribution in [0.4, 0.5) is 4.79 Å². The number of allylic oxidation sites excluding steroid dienone is 2. The lowest BCUT2D eigenvalue weighted by Crippen LogP contribution is -2.29. The molecular formula is C34H45NO8. The number of carbonyl (C=O) groups is 3. The average molecular weight is 596 g/mol. The number of unbranched alkanes of at least 4 members (excludes halogenated alkanes) is 1. The van der Waals surface area contributed by atoms with Crippen molar-refractivity contribution in [2.75, 3.05) is 0 Å². The molecule has 0 bridgehead atoms. The first kappa shape index (κ1) is 34.0. The smallest absolute Gasteiger partial charge is 0.410 e. The number of amides is 1. The molecule has 1 aliphatic rings. The molecule has 1 amide bonds. The molecule has 0 radical (unpaired) electrons. The van der Waals surface area contributed by atoms with Gasteiger partial charge < -0.3 is 30.1 Å². The standard InChI is InChI=1S/C34H45NO8/c1-24(43-34(41)35-22-26-12-9-13-27(20-26)23-36)42-33(40)15-8-3-2-7-14-29-30(32(39)21-31(29)38)19-18-28(37)17-16-25-10-5-4-6-11-25/h2,4-7,9-13,20,23-24,28-32,37-39H,3,8,14-19,21-22H2,1H3,(H,35,41)/t24?,28-,29+,30+,31-,32+/m0/s1. The van der Waals surface area contributed by atoms with Crippen molar-refractivity contribution in [2.24, 2.45) is 11.8 Å². The highest BCUT2D eigenvalue weighted by molar-refractivity contribution is 5.75. The Morgan fingerprint density at radius 2 is 1.72 bits per heavy atom. The maximum absolute atomic E-state index is 12.1. The van der Waals surface area contributed by atoms with Gasteiger partial charge in [-0.3, -0.25) is 9.59 Å². The van der Waals surface area contributed by atoms with Crippen LogP contribution < -0.4 is 5.32 Å². The number of aliphatic hydroxyl groups is 3. The maximum Gasteiger partial charge on any atom is 0.410 e. The molecule has 234 valence electrons. The molecule has 0 aliphatic heterocycles. The van der Waals surface area contributed by atoms with Crippen LogP contribution in [0.1, 0.15) is 79.8 Å². The predicted molar refractivity (Wildman–Crippen MR) is 162 cm³/mol. The fraction of sp³-hybridized carbons (Fsp3) is 0.500. The number of hydrogen-bond acceptors (Lipinski definition) is 8. The number of nitrogens with one attached hydrogen (secondary N) is 1. The first-order chi connectivity index (χ1) is 20.7. The summed E-state index contributed by atoms with van der Waals surface area (Å²) in [5.74, 6) is -0.621. The topological polar surface area (TPSA) is 142 Å². The summed E-state index contributed by atoms with van der Waals surface area (Å²) >= 11 is 0. The van der Waals surface area contributed by atoms with Gasteiger partial charge in [0.15, 0.2) is 0 Å². The second kappa shape index (κ2) is 18.2. The van der Waals surface area contributed by atoms with Crippen LogP contribution in [0.15, 0.2) is 66.7 Å². The third-order valence-corrected chi connectivity index (χ3v) is 7.88. The molecule has 1 fully saturated rings. The van der Waals surface area contributed by atoms with Gasteiger partial charge in [0.1, 0.15) is 6.29 Å². The summed E-state index contributed by atoms with van der Waals surface area (Å²) in [7, 11) is 0. The summed E-state index contributed by atoms with van der Waals surface area (Å²) in [5.41, 5.74) is 2.43. The van der Waals surface area contributed by atoms with Crippen molar-refractivity contribution >= 4 is 18.3 Å². The van der Waals surface area contributed by atoms with E-state index in [-0.39, 0.29) is 24.8 Å². The Morgan fingerprint density at radius 3 is 2.49 bits per heavy atom. The molecule has 2 aromatic carbocycles. The van der Waals surface area contributed by atoms with E-state index in [9.17, 15) is 29.7 Å². The van der Waals surface area contributed by atoms with E-state index in [4.69, 9.17) is 9.47 Å². The fourth-order valence-electron chi connectivity index (χ4n) is 5.56. The van der Waals surface area contributed by atoms with Gasteiger partial charge in [0, 0.05) is 25.5 Å². The summed E-state index contributed by atoms with van der Waals surface area (Å²) in [6, 6.07) is 16.8. The van der Waals surface area contributed by atoms with Gasteiger partial charge in [0.25, 0.3) is 0 Å². The van der Waals surface area contributed by atoms with Gasteiger partial charge in [0.2, 0.25) is 6.29 Å². The fourth-order valence-corrected chi connectivity index (χ4v) is 5.56. The number of rotatable bonds is 17. The molecule has 9 heteroatoms. The second-order valence-corrected chi connectivity index (χ2v) is 11.2. The van der Waals surface area contributed by atoms with Crippen LogP contribution in [0, 0.1) is 11.8 Å². The van der Waals surface area contributed by atoms with Gasteiger partial charge in [-0.2, -0.15) is 0 Å². The van der Waals surface area contributed by atoms with Crippen molar-refractivity contribution in [3.05, 3.63) is 83.4 Å². The minimum atomic E-state index is -1.05. The Labute approximate surface area is 253 Å². The number of aliphatic hydroxyl groups excluding tert-OH is 3. The molecule has 1 unspecified atom stereocenters. The highest BCUT2D eigenvalue weighted by Gasteiger charge is 2.40. The van der Waals surface area contributed by atoms with Crippen LogP contribution in [0.25, 0.3) is 0 Å². The molecule has 3 rings (SSSR count).